The number of nitrogens with zero attached hydrogens (tertiary/aromatic N) is 3. The molecule has 12 heteroatoms. The van der Waals surface area contributed by atoms with Crippen LogP contribution in [0.25, 0.3) is 0 Å². The molecule has 0 aromatic heterocycles. The Hall–Kier alpha value is -2.48. The quantitative estimate of drug-likeness (QED) is 0.119. The Kier molecular flexibility index (Phi) is 8.56. The van der Waals surface area contributed by atoms with Crippen molar-refractivity contribution in [3.63, 3.8) is 0 Å². The lowest BCUT2D eigenvalue weighted by atomic mass is 10.0. The van der Waals surface area contributed by atoms with Gasteiger partial charge >= 0.3 is 0 Å². The zero-order valence-electron chi connectivity index (χ0n) is 14.8. The Morgan fingerprint density at radius 1 is 0.821 bits per heavy atom. The predicted molar refractivity (Wildman–Crippen MR) is 97.9 cm³/mol. The van der Waals surface area contributed by atoms with E-state index in [-0.39, 0.29) is 11.1 Å². The first-order valence-corrected chi connectivity index (χ1v) is 8.03. The van der Waals surface area contributed by atoms with Crippen LogP contribution in [0, 0.1) is 10.1 Å². The molecule has 1 aromatic carbocycles. The van der Waals surface area contributed by atoms with Crippen LogP contribution in [0.4, 0.5) is 5.69 Å². The highest BCUT2D eigenvalue weighted by Crippen LogP contribution is 2.27. The van der Waals surface area contributed by atoms with Gasteiger partial charge in [0, 0.05) is 35.7 Å². The molecule has 0 aliphatic heterocycles. The van der Waals surface area contributed by atoms with E-state index in [1.807, 2.05) is 0 Å². The molecule has 28 heavy (non-hydrogen) atoms. The topological polar surface area (TPSA) is 209 Å². The molecule has 0 fully saturated rings. The molecule has 0 aliphatic carbocycles. The van der Waals surface area contributed by atoms with E-state index < -0.39 is 67.1 Å². The second-order valence-electron chi connectivity index (χ2n) is 6.14. The average Bonchev–Trinajstić information content (AvgIpc) is 2.72. The summed E-state index contributed by atoms with van der Waals surface area (Å²) in [6.07, 6.45) is 1.89. The molecule has 0 saturated heterocycles. The van der Waals surface area contributed by atoms with Crippen LogP contribution in [0.15, 0.2) is 22.1 Å². The third-order valence-electron chi connectivity index (χ3n) is 4.09. The average molecular weight is 401 g/mol. The molecular weight excluding hydrogens is 378 g/mol. The number of nitro groups is 1. The van der Waals surface area contributed by atoms with E-state index in [9.17, 15) is 45.9 Å². The van der Waals surface area contributed by atoms with E-state index in [2.05, 4.69) is 9.98 Å². The fourth-order valence-electron chi connectivity index (χ4n) is 1.92. The maximum absolute atomic E-state index is 11.2. The summed E-state index contributed by atoms with van der Waals surface area (Å²) in [5.74, 6) is -0.511. The summed E-state index contributed by atoms with van der Waals surface area (Å²) < 4.78 is 0. The van der Waals surface area contributed by atoms with Crippen molar-refractivity contribution >= 4 is 18.1 Å². The molecule has 0 aliphatic rings. The van der Waals surface area contributed by atoms with Crippen LogP contribution in [0.5, 0.6) is 5.75 Å². The number of hydrogen-bond donors (Lipinski definition) is 7. The van der Waals surface area contributed by atoms with E-state index in [4.69, 9.17) is 0 Å². The van der Waals surface area contributed by atoms with Crippen LogP contribution < -0.4 is 0 Å². The van der Waals surface area contributed by atoms with Crippen molar-refractivity contribution in [3.8, 4) is 5.75 Å². The highest BCUT2D eigenvalue weighted by molar-refractivity contribution is 5.93. The number of aromatic hydroxyl groups is 1. The second kappa shape index (κ2) is 10.2. The number of aliphatic hydroxyl groups is 6. The summed E-state index contributed by atoms with van der Waals surface area (Å²) in [5.41, 5.74) is -4.09. The first kappa shape index (κ1) is 23.6. The molecular formula is C16H23N3O9. The zero-order valence-corrected chi connectivity index (χ0v) is 14.8. The Morgan fingerprint density at radius 2 is 1.14 bits per heavy atom. The molecule has 0 unspecified atom stereocenters. The number of hydrogen-bond acceptors (Lipinski definition) is 11. The number of aliphatic hydroxyl groups excluding tert-OH is 6. The van der Waals surface area contributed by atoms with Crippen LogP contribution in [0.1, 0.15) is 11.1 Å². The van der Waals surface area contributed by atoms with Gasteiger partial charge in [-0.3, -0.25) is 20.1 Å². The van der Waals surface area contributed by atoms with Crippen molar-refractivity contribution in [2.24, 2.45) is 9.98 Å². The van der Waals surface area contributed by atoms with Gasteiger partial charge in [0.05, 0.1) is 44.6 Å². The summed E-state index contributed by atoms with van der Waals surface area (Å²) in [6, 6.07) is 1.95. The SMILES string of the molecule is O=[N+]([O-])c1cc(C=NC(CO)(CO)CO)c(O)c(C=NC(CO)(CO)CO)c1. The normalized spacial score (nSPS) is 12.9. The fourth-order valence-corrected chi connectivity index (χ4v) is 1.92. The van der Waals surface area contributed by atoms with Crippen LogP contribution in [0.2, 0.25) is 0 Å². The van der Waals surface area contributed by atoms with Crippen LogP contribution in [0.3, 0.4) is 0 Å². The van der Waals surface area contributed by atoms with Gasteiger partial charge in [-0.1, -0.05) is 0 Å². The maximum Gasteiger partial charge on any atom is 0.271 e. The standard InChI is InChI=1S/C16H23N3O9/c20-5-15(6-21,7-22)17-3-11-1-13(19(27)28)2-12(14(11)26)4-18-16(8-23,9-24)10-25/h1-4,20-26H,5-10H2. The molecule has 0 bridgehead atoms. The van der Waals surface area contributed by atoms with Crippen molar-refractivity contribution in [2.75, 3.05) is 39.6 Å². The van der Waals surface area contributed by atoms with E-state index in [0.717, 1.165) is 24.6 Å². The molecule has 0 amide bonds. The largest absolute Gasteiger partial charge is 0.507 e. The smallest absolute Gasteiger partial charge is 0.271 e. The molecule has 1 rings (SSSR count). The number of aliphatic imine (C=N–C) groups is 2. The molecule has 0 saturated carbocycles. The molecule has 1 aromatic rings. The number of nitro benzene ring substituents is 1. The van der Waals surface area contributed by atoms with Gasteiger partial charge in [-0.05, 0) is 0 Å². The van der Waals surface area contributed by atoms with E-state index in [1.165, 1.54) is 0 Å². The van der Waals surface area contributed by atoms with Gasteiger partial charge in [0.1, 0.15) is 16.8 Å². The van der Waals surface area contributed by atoms with Gasteiger partial charge in [0.2, 0.25) is 0 Å². The number of phenolic OH excluding ortho intramolecular Hbond substituents is 1. The number of non-ortho nitro benzene ring substituents is 1. The van der Waals surface area contributed by atoms with E-state index in [1.54, 1.807) is 0 Å². The molecule has 0 spiro atoms. The minimum absolute atomic E-state index is 0.169. The summed E-state index contributed by atoms with van der Waals surface area (Å²) in [7, 11) is 0. The van der Waals surface area contributed by atoms with Crippen molar-refractivity contribution in [2.45, 2.75) is 11.1 Å². The molecule has 7 N–H and O–H groups in total. The predicted octanol–water partition coefficient (Wildman–Crippen LogP) is -2.43. The lowest BCUT2D eigenvalue weighted by Crippen LogP contribution is -2.39. The number of phenols is 1. The van der Waals surface area contributed by atoms with Crippen LogP contribution in [-0.2, 0) is 0 Å². The highest BCUT2D eigenvalue weighted by atomic mass is 16.6. The Balaban J connectivity index is 3.47. The number of rotatable bonds is 11. The molecule has 0 heterocycles. The minimum Gasteiger partial charge on any atom is -0.507 e. The van der Waals surface area contributed by atoms with Crippen LogP contribution >= 0.6 is 0 Å². The van der Waals surface area contributed by atoms with Gasteiger partial charge in [0.25, 0.3) is 5.69 Å². The summed E-state index contributed by atoms with van der Waals surface area (Å²) >= 11 is 0. The monoisotopic (exact) mass is 401 g/mol. The van der Waals surface area contributed by atoms with Crippen molar-refractivity contribution in [1.29, 1.82) is 0 Å². The Morgan fingerprint density at radius 3 is 1.39 bits per heavy atom. The van der Waals surface area contributed by atoms with Crippen molar-refractivity contribution < 1.29 is 40.7 Å². The van der Waals surface area contributed by atoms with E-state index >= 15 is 0 Å². The minimum atomic E-state index is -1.65. The van der Waals surface area contributed by atoms with E-state index in [0.29, 0.717) is 0 Å². The van der Waals surface area contributed by atoms with Gasteiger partial charge in [-0.2, -0.15) is 0 Å². The Labute approximate surface area is 159 Å². The third kappa shape index (κ3) is 5.28. The third-order valence-corrected chi connectivity index (χ3v) is 4.09. The van der Waals surface area contributed by atoms with Gasteiger partial charge in [-0.25, -0.2) is 0 Å². The zero-order chi connectivity index (χ0) is 21.4. The van der Waals surface area contributed by atoms with Gasteiger partial charge in [0.15, 0.2) is 0 Å². The lowest BCUT2D eigenvalue weighted by Gasteiger charge is -2.22. The summed E-state index contributed by atoms with van der Waals surface area (Å²) in [6.45, 7) is -4.29. The lowest BCUT2D eigenvalue weighted by molar-refractivity contribution is -0.384. The first-order chi connectivity index (χ1) is 13.3. The molecule has 0 atom stereocenters. The molecule has 12 nitrogen and oxygen atoms in total. The Bertz CT molecular complexity index is 661. The van der Waals surface area contributed by atoms with Crippen molar-refractivity contribution in [1.82, 2.24) is 0 Å². The molecule has 156 valence electrons. The summed E-state index contributed by atoms with van der Waals surface area (Å²) in [4.78, 5) is 18.0. The van der Waals surface area contributed by atoms with Gasteiger partial charge < -0.3 is 35.7 Å². The maximum atomic E-state index is 11.2. The number of benzene rings is 1. The second-order valence-corrected chi connectivity index (χ2v) is 6.14. The fraction of sp³-hybridized carbons (Fsp3) is 0.500. The van der Waals surface area contributed by atoms with Crippen molar-refractivity contribution in [3.05, 3.63) is 33.4 Å². The summed E-state index contributed by atoms with van der Waals surface area (Å²) in [5, 5.41) is 77.2. The highest BCUT2D eigenvalue weighted by Gasteiger charge is 2.28. The van der Waals surface area contributed by atoms with Gasteiger partial charge in [-0.15, -0.1) is 0 Å². The van der Waals surface area contributed by atoms with Crippen LogP contribution in [-0.4, -0.2) is 104 Å². The first-order valence-electron chi connectivity index (χ1n) is 8.03. The molecule has 0 radical (unpaired) electrons.